The first kappa shape index (κ1) is 21.8. The second-order valence-corrected chi connectivity index (χ2v) is 10.9. The Morgan fingerprint density at radius 2 is 0.909 bits per heavy atom. The van der Waals surface area contributed by atoms with Crippen LogP contribution in [0.25, 0.3) is 32.3 Å². The summed E-state index contributed by atoms with van der Waals surface area (Å²) in [4.78, 5) is 0. The fraction of sp³-hybridized carbons (Fsp3) is 0. The van der Waals surface area contributed by atoms with Gasteiger partial charge in [0.15, 0.2) is 0 Å². The molecule has 1 nitrogen and oxygen atoms in total. The van der Waals surface area contributed by atoms with Crippen LogP contribution in [0.15, 0.2) is 121 Å². The Balaban J connectivity index is 0.00000228. The Kier molecular flexibility index (Phi) is 5.77. The first-order chi connectivity index (χ1) is 15.7. The van der Waals surface area contributed by atoms with E-state index < -0.39 is 7.14 Å². The molecule has 6 aromatic rings. The molecule has 3 heteroatoms. The smallest absolute Gasteiger partial charge is 0.147 e. The van der Waals surface area contributed by atoms with Crippen LogP contribution in [0.3, 0.4) is 0 Å². The van der Waals surface area contributed by atoms with Gasteiger partial charge in [0.05, 0.1) is 0 Å². The molecule has 0 spiro atoms. The van der Waals surface area contributed by atoms with E-state index in [-0.39, 0.29) is 20.1 Å². The van der Waals surface area contributed by atoms with Gasteiger partial charge in [0.25, 0.3) is 0 Å². The molecule has 0 aliphatic heterocycles. The van der Waals surface area contributed by atoms with Crippen molar-refractivity contribution in [3.05, 3.63) is 127 Å². The summed E-state index contributed by atoms with van der Waals surface area (Å²) >= 11 is 0. The fourth-order valence-corrected chi connectivity index (χ4v) is 7.10. The molecule has 0 aromatic heterocycles. The van der Waals surface area contributed by atoms with E-state index in [9.17, 15) is 0 Å². The van der Waals surface area contributed by atoms with Crippen LogP contribution in [-0.4, -0.2) is 0 Å². The van der Waals surface area contributed by atoms with Gasteiger partial charge in [-0.25, -0.2) is 0 Å². The Labute approximate surface area is 206 Å². The maximum absolute atomic E-state index is 15.1. The molecule has 0 saturated heterocycles. The number of hydrogen-bond acceptors (Lipinski definition) is 1. The molecule has 33 heavy (non-hydrogen) atoms. The average molecular weight is 620 g/mol. The van der Waals surface area contributed by atoms with E-state index in [4.69, 9.17) is 0 Å². The van der Waals surface area contributed by atoms with Gasteiger partial charge in [-0.15, -0.1) is 16.8 Å². The molecule has 0 fully saturated rings. The summed E-state index contributed by atoms with van der Waals surface area (Å²) in [6, 6.07) is 44.3. The standard InChI is InChI=1S/C30H20OP.Ir/c31-32(28-16-13-22-7-1-4-10-25(22)19-28,29-17-14-23-8-2-5-11-26(23)20-29)30-18-15-24-9-3-6-12-27(24)21-30;/h1-17,19-21H;/q-1;. The molecule has 0 aliphatic rings. The molecule has 0 N–H and O–H groups in total. The van der Waals surface area contributed by atoms with Gasteiger partial charge in [-0.3, -0.25) is 0 Å². The summed E-state index contributed by atoms with van der Waals surface area (Å²) in [5.41, 5.74) is 0. The maximum atomic E-state index is 15.1. The Morgan fingerprint density at radius 1 is 0.485 bits per heavy atom. The van der Waals surface area contributed by atoms with Gasteiger partial charge in [-0.1, -0.05) is 96.3 Å². The van der Waals surface area contributed by atoms with E-state index in [1.807, 2.05) is 60.7 Å². The SMILES string of the molecule is O=P(c1[c-]cc2ccccc2c1)(c1ccc2ccccc2c1)c1ccc2ccccc2c1.[Ir]. The Bertz CT molecular complexity index is 1470. The third kappa shape index (κ3) is 3.75. The van der Waals surface area contributed by atoms with Crippen molar-refractivity contribution in [2.45, 2.75) is 0 Å². The quantitative estimate of drug-likeness (QED) is 0.162. The summed E-state index contributed by atoms with van der Waals surface area (Å²) in [7, 11) is -3.15. The van der Waals surface area contributed by atoms with Gasteiger partial charge < -0.3 is 4.57 Å². The number of hydrogen-bond donors (Lipinski definition) is 0. The molecule has 161 valence electrons. The molecule has 0 bridgehead atoms. The van der Waals surface area contributed by atoms with E-state index in [1.165, 1.54) is 0 Å². The van der Waals surface area contributed by atoms with Crippen molar-refractivity contribution in [3.8, 4) is 0 Å². The van der Waals surface area contributed by atoms with Gasteiger partial charge in [-0.2, -0.15) is 18.2 Å². The summed E-state index contributed by atoms with van der Waals surface area (Å²) in [5.74, 6) is 0. The molecule has 0 saturated carbocycles. The van der Waals surface area contributed by atoms with Crippen LogP contribution in [0.4, 0.5) is 0 Å². The Hall–Kier alpha value is -3.02. The van der Waals surface area contributed by atoms with Gasteiger partial charge >= 0.3 is 0 Å². The van der Waals surface area contributed by atoms with Crippen molar-refractivity contribution in [3.63, 3.8) is 0 Å². The monoisotopic (exact) mass is 620 g/mol. The van der Waals surface area contributed by atoms with Crippen LogP contribution in [-0.2, 0) is 24.7 Å². The summed E-state index contributed by atoms with van der Waals surface area (Å²) in [6.07, 6.45) is 0. The summed E-state index contributed by atoms with van der Waals surface area (Å²) in [5, 5.41) is 9.03. The first-order valence-electron chi connectivity index (χ1n) is 10.7. The largest absolute Gasteiger partial charge is 0.311 e. The molecule has 1 radical (unpaired) electrons. The van der Waals surface area contributed by atoms with E-state index in [0.29, 0.717) is 0 Å². The molecular formula is C30H20IrOP-. The Morgan fingerprint density at radius 3 is 1.42 bits per heavy atom. The predicted molar refractivity (Wildman–Crippen MR) is 137 cm³/mol. The fourth-order valence-electron chi connectivity index (χ4n) is 4.47. The second-order valence-electron chi connectivity index (χ2n) is 8.12. The van der Waals surface area contributed by atoms with Crippen molar-refractivity contribution in [1.82, 2.24) is 0 Å². The van der Waals surface area contributed by atoms with Crippen molar-refractivity contribution in [2.24, 2.45) is 0 Å². The van der Waals surface area contributed by atoms with E-state index in [0.717, 1.165) is 48.2 Å². The average Bonchev–Trinajstić information content (AvgIpc) is 2.87. The van der Waals surface area contributed by atoms with E-state index >= 15 is 4.57 Å². The zero-order valence-corrected chi connectivity index (χ0v) is 21.0. The second kappa shape index (κ2) is 8.73. The van der Waals surface area contributed by atoms with E-state index in [1.54, 1.807) is 0 Å². The minimum atomic E-state index is -3.15. The van der Waals surface area contributed by atoms with Crippen LogP contribution in [0.1, 0.15) is 0 Å². The van der Waals surface area contributed by atoms with Crippen LogP contribution < -0.4 is 15.9 Å². The van der Waals surface area contributed by atoms with Crippen LogP contribution in [0.5, 0.6) is 0 Å². The zero-order chi connectivity index (χ0) is 21.5. The third-order valence-corrected chi connectivity index (χ3v) is 9.14. The van der Waals surface area contributed by atoms with Crippen molar-refractivity contribution in [2.75, 3.05) is 0 Å². The molecule has 0 unspecified atom stereocenters. The van der Waals surface area contributed by atoms with Crippen molar-refractivity contribution >= 4 is 55.4 Å². The van der Waals surface area contributed by atoms with Crippen LogP contribution in [0.2, 0.25) is 0 Å². The predicted octanol–water partition coefficient (Wildman–Crippen LogP) is 6.58. The summed E-state index contributed by atoms with van der Waals surface area (Å²) < 4.78 is 15.1. The van der Waals surface area contributed by atoms with E-state index in [2.05, 4.69) is 66.7 Å². The van der Waals surface area contributed by atoms with Gasteiger partial charge in [0.1, 0.15) is 7.14 Å². The molecule has 6 rings (SSSR count). The minimum absolute atomic E-state index is 0. The topological polar surface area (TPSA) is 17.1 Å². The number of fused-ring (bicyclic) bond motifs is 3. The van der Waals surface area contributed by atoms with Gasteiger partial charge in [0.2, 0.25) is 0 Å². The number of benzene rings is 6. The normalized spacial score (nSPS) is 11.5. The molecule has 0 aliphatic carbocycles. The third-order valence-electron chi connectivity index (χ3n) is 6.20. The minimum Gasteiger partial charge on any atom is -0.311 e. The number of rotatable bonds is 3. The molecule has 6 aromatic carbocycles. The molecular weight excluding hydrogens is 600 g/mol. The first-order valence-corrected chi connectivity index (χ1v) is 12.4. The van der Waals surface area contributed by atoms with Crippen molar-refractivity contribution in [1.29, 1.82) is 0 Å². The zero-order valence-electron chi connectivity index (χ0n) is 17.7. The van der Waals surface area contributed by atoms with Gasteiger partial charge in [0, 0.05) is 30.7 Å². The molecule has 0 atom stereocenters. The van der Waals surface area contributed by atoms with Crippen LogP contribution >= 0.6 is 7.14 Å². The molecule has 0 heterocycles. The maximum Gasteiger partial charge on any atom is 0.147 e. The van der Waals surface area contributed by atoms with Crippen LogP contribution in [0, 0.1) is 6.07 Å². The van der Waals surface area contributed by atoms with Gasteiger partial charge in [-0.05, 0) is 33.7 Å². The molecule has 0 amide bonds. The van der Waals surface area contributed by atoms with Crippen molar-refractivity contribution < 1.29 is 24.7 Å². The summed E-state index contributed by atoms with van der Waals surface area (Å²) in [6.45, 7) is 0.